The number of carboxylic acid groups (broad SMARTS) is 1. The minimum Gasteiger partial charge on any atom is -0.480 e. The number of carboxylic acids is 1. The van der Waals surface area contributed by atoms with Gasteiger partial charge in [0.1, 0.15) is 18.7 Å². The summed E-state index contributed by atoms with van der Waals surface area (Å²) in [4.78, 5) is 37.5. The van der Waals surface area contributed by atoms with Crippen molar-refractivity contribution >= 4 is 18.0 Å². The van der Waals surface area contributed by atoms with Crippen LogP contribution in [0, 0.1) is 11.3 Å². The zero-order valence-corrected chi connectivity index (χ0v) is 15.0. The van der Waals surface area contributed by atoms with Gasteiger partial charge in [-0.3, -0.25) is 9.69 Å². The average molecular weight is 373 g/mol. The van der Waals surface area contributed by atoms with E-state index in [4.69, 9.17) is 10.00 Å². The van der Waals surface area contributed by atoms with Gasteiger partial charge in [0.05, 0.1) is 6.07 Å². The van der Waals surface area contributed by atoms with Crippen molar-refractivity contribution in [3.63, 3.8) is 0 Å². The quantitative estimate of drug-likeness (QED) is 0.673. The highest BCUT2D eigenvalue weighted by Crippen LogP contribution is 2.19. The Labute approximate surface area is 157 Å². The second-order valence-corrected chi connectivity index (χ2v) is 6.34. The summed E-state index contributed by atoms with van der Waals surface area (Å²) < 4.78 is 5.28. The lowest BCUT2D eigenvalue weighted by molar-refractivity contribution is -0.142. The number of ether oxygens (including phenoxy) is 1. The van der Waals surface area contributed by atoms with Crippen LogP contribution >= 0.6 is 0 Å². The molecule has 0 unspecified atom stereocenters. The van der Waals surface area contributed by atoms with Gasteiger partial charge < -0.3 is 15.2 Å². The number of benzene rings is 1. The van der Waals surface area contributed by atoms with Crippen molar-refractivity contribution in [1.82, 2.24) is 10.2 Å². The fourth-order valence-electron chi connectivity index (χ4n) is 2.97. The zero-order chi connectivity index (χ0) is 19.6. The largest absolute Gasteiger partial charge is 0.480 e. The third-order valence-electron chi connectivity index (χ3n) is 4.39. The first-order valence-electron chi connectivity index (χ1n) is 8.90. The summed E-state index contributed by atoms with van der Waals surface area (Å²) in [5.74, 6) is -1.66. The van der Waals surface area contributed by atoms with E-state index in [-0.39, 0.29) is 19.4 Å². The molecule has 8 heteroatoms. The molecule has 8 nitrogen and oxygen atoms in total. The molecule has 0 spiro atoms. The summed E-state index contributed by atoms with van der Waals surface area (Å²) in [6, 6.07) is 9.34. The predicted octanol–water partition coefficient (Wildman–Crippen LogP) is 2.05. The molecule has 2 amide bonds. The Morgan fingerprint density at radius 1 is 1.33 bits per heavy atom. The van der Waals surface area contributed by atoms with E-state index < -0.39 is 30.1 Å². The van der Waals surface area contributed by atoms with E-state index >= 15 is 0 Å². The second kappa shape index (κ2) is 10.2. The third-order valence-corrected chi connectivity index (χ3v) is 4.39. The van der Waals surface area contributed by atoms with E-state index in [0.717, 1.165) is 5.56 Å². The number of nitrogens with zero attached hydrogens (tertiary/aromatic N) is 2. The molecule has 27 heavy (non-hydrogen) atoms. The lowest BCUT2D eigenvalue weighted by Gasteiger charge is -2.25. The molecule has 2 atom stereocenters. The third kappa shape index (κ3) is 5.99. The van der Waals surface area contributed by atoms with Crippen molar-refractivity contribution in [2.45, 2.75) is 50.8 Å². The number of hydrogen-bond acceptors (Lipinski definition) is 5. The Kier molecular flexibility index (Phi) is 7.62. The molecule has 0 radical (unpaired) electrons. The predicted molar refractivity (Wildman–Crippen MR) is 95.4 cm³/mol. The minimum atomic E-state index is -1.16. The Morgan fingerprint density at radius 2 is 2.07 bits per heavy atom. The summed E-state index contributed by atoms with van der Waals surface area (Å²) in [5.41, 5.74) is 0.842. The van der Waals surface area contributed by atoms with Gasteiger partial charge in [-0.25, -0.2) is 9.59 Å². The maximum atomic E-state index is 12.5. The summed E-state index contributed by atoms with van der Waals surface area (Å²) >= 11 is 0. The van der Waals surface area contributed by atoms with Crippen molar-refractivity contribution in [1.29, 1.82) is 5.26 Å². The highest BCUT2D eigenvalue weighted by Gasteiger charge is 2.36. The molecule has 1 aliphatic heterocycles. The van der Waals surface area contributed by atoms with E-state index in [9.17, 15) is 19.5 Å². The van der Waals surface area contributed by atoms with Crippen LogP contribution < -0.4 is 5.32 Å². The van der Waals surface area contributed by atoms with Gasteiger partial charge in [0, 0.05) is 13.0 Å². The van der Waals surface area contributed by atoms with Gasteiger partial charge >= 0.3 is 12.1 Å². The number of aliphatic carboxylic acids is 1. The van der Waals surface area contributed by atoms with Gasteiger partial charge in [-0.1, -0.05) is 30.3 Å². The number of unbranched alkanes of at least 4 members (excludes halogenated alkanes) is 1. The second-order valence-electron chi connectivity index (χ2n) is 6.34. The van der Waals surface area contributed by atoms with Crippen molar-refractivity contribution < 1.29 is 24.2 Å². The minimum absolute atomic E-state index is 0.108. The lowest BCUT2D eigenvalue weighted by atomic mass is 10.1. The van der Waals surface area contributed by atoms with Crippen LogP contribution in [0.2, 0.25) is 0 Å². The van der Waals surface area contributed by atoms with Gasteiger partial charge in [0.15, 0.2) is 0 Å². The van der Waals surface area contributed by atoms with Crippen LogP contribution in [0.4, 0.5) is 4.79 Å². The van der Waals surface area contributed by atoms with Gasteiger partial charge in [-0.2, -0.15) is 5.26 Å². The zero-order valence-electron chi connectivity index (χ0n) is 15.0. The maximum absolute atomic E-state index is 12.5. The summed E-state index contributed by atoms with van der Waals surface area (Å²) in [6.45, 7) is 0.494. The number of nitrogens with one attached hydrogen (secondary N) is 1. The normalized spacial score (nSPS) is 17.0. The Bertz CT molecular complexity index is 701. The van der Waals surface area contributed by atoms with Crippen LogP contribution in [0.5, 0.6) is 0 Å². The van der Waals surface area contributed by atoms with E-state index in [1.165, 1.54) is 4.90 Å². The average Bonchev–Trinajstić information content (AvgIpc) is 3.16. The highest BCUT2D eigenvalue weighted by atomic mass is 16.6. The molecule has 1 saturated heterocycles. The molecule has 0 saturated carbocycles. The van der Waals surface area contributed by atoms with Crippen molar-refractivity contribution in [2.75, 3.05) is 6.54 Å². The molecular formula is C19H23N3O5. The van der Waals surface area contributed by atoms with E-state index in [2.05, 4.69) is 5.32 Å². The fraction of sp³-hybridized carbons (Fsp3) is 0.474. The molecule has 1 fully saturated rings. The topological polar surface area (TPSA) is 120 Å². The Hall–Kier alpha value is -3.08. The standard InChI is InChI=1S/C19H23N3O5/c20-11-5-4-9-15(18(24)25)21-17(23)16-10-6-12-22(16)19(26)27-13-14-7-2-1-3-8-14/h1-3,7-8,15-16H,4-6,9-10,12-13H2,(H,21,23)(H,24,25)/t15-,16-/m1/s1. The van der Waals surface area contributed by atoms with Crippen LogP contribution in [0.25, 0.3) is 0 Å². The molecule has 0 aromatic heterocycles. The number of carbonyl (C=O) groups is 3. The van der Waals surface area contributed by atoms with Crippen molar-refractivity contribution in [3.8, 4) is 6.07 Å². The summed E-state index contributed by atoms with van der Waals surface area (Å²) in [6.07, 6.45) is 1.27. The molecule has 2 rings (SSSR count). The SMILES string of the molecule is N#CCCC[C@@H](NC(=O)[C@H]1CCCN1C(=O)OCc1ccccc1)C(=O)O. The van der Waals surface area contributed by atoms with Gasteiger partial charge in [0.25, 0.3) is 0 Å². The number of hydrogen-bond donors (Lipinski definition) is 2. The number of nitriles is 1. The number of rotatable bonds is 8. The van der Waals surface area contributed by atoms with Crippen LogP contribution in [-0.2, 0) is 20.9 Å². The number of carbonyl (C=O) groups excluding carboxylic acids is 2. The molecule has 0 bridgehead atoms. The first kappa shape index (κ1) is 20.2. The van der Waals surface area contributed by atoms with Crippen LogP contribution in [0.15, 0.2) is 30.3 Å². The van der Waals surface area contributed by atoms with E-state index in [0.29, 0.717) is 25.8 Å². The van der Waals surface area contributed by atoms with Crippen LogP contribution in [-0.4, -0.2) is 46.6 Å². The Balaban J connectivity index is 1.91. The molecule has 2 N–H and O–H groups in total. The molecule has 1 aliphatic rings. The lowest BCUT2D eigenvalue weighted by Crippen LogP contribution is -2.50. The summed E-state index contributed by atoms with van der Waals surface area (Å²) in [7, 11) is 0. The van der Waals surface area contributed by atoms with E-state index in [1.807, 2.05) is 36.4 Å². The fourth-order valence-corrected chi connectivity index (χ4v) is 2.97. The monoisotopic (exact) mass is 373 g/mol. The molecular weight excluding hydrogens is 350 g/mol. The first-order valence-corrected chi connectivity index (χ1v) is 8.90. The van der Waals surface area contributed by atoms with Crippen molar-refractivity contribution in [2.24, 2.45) is 0 Å². The smallest absolute Gasteiger partial charge is 0.410 e. The van der Waals surface area contributed by atoms with Gasteiger partial charge in [0.2, 0.25) is 5.91 Å². The van der Waals surface area contributed by atoms with Gasteiger partial charge in [-0.15, -0.1) is 0 Å². The molecule has 1 heterocycles. The maximum Gasteiger partial charge on any atom is 0.410 e. The molecule has 0 aliphatic carbocycles. The van der Waals surface area contributed by atoms with Gasteiger partial charge in [-0.05, 0) is 31.2 Å². The molecule has 1 aromatic rings. The van der Waals surface area contributed by atoms with Crippen LogP contribution in [0.3, 0.4) is 0 Å². The Morgan fingerprint density at radius 3 is 2.74 bits per heavy atom. The number of likely N-dealkylation sites (tertiary alicyclic amines) is 1. The highest BCUT2D eigenvalue weighted by molar-refractivity contribution is 5.89. The molecule has 1 aromatic carbocycles. The number of amides is 2. The first-order chi connectivity index (χ1) is 13.0. The van der Waals surface area contributed by atoms with Crippen molar-refractivity contribution in [3.05, 3.63) is 35.9 Å². The molecule has 144 valence electrons. The summed E-state index contributed by atoms with van der Waals surface area (Å²) in [5, 5.41) is 20.3. The van der Waals surface area contributed by atoms with E-state index in [1.54, 1.807) is 0 Å². The van der Waals surface area contributed by atoms with Crippen LogP contribution in [0.1, 0.15) is 37.7 Å².